The number of ether oxygens (including phenoxy) is 1. The highest BCUT2D eigenvalue weighted by Crippen LogP contribution is 2.20. The topological polar surface area (TPSA) is 87.1 Å². The first-order chi connectivity index (χ1) is 12.0. The number of rotatable bonds is 6. The highest BCUT2D eigenvalue weighted by molar-refractivity contribution is 6.27. The Morgan fingerprint density at radius 1 is 0.920 bits per heavy atom. The van der Waals surface area contributed by atoms with Crippen molar-refractivity contribution in [2.24, 2.45) is 0 Å². The average Bonchev–Trinajstić information content (AvgIpc) is 2.63. The van der Waals surface area contributed by atoms with E-state index in [1.165, 1.54) is 11.1 Å². The van der Waals surface area contributed by atoms with E-state index < -0.39 is 11.9 Å². The maximum atomic E-state index is 9.10. The number of hydrogen-bond acceptors (Lipinski definition) is 4. The first-order valence-electron chi connectivity index (χ1n) is 7.82. The SMILES string of the molecule is CCN(Cc1ccccc1)Cc1ccccc1OC.O=C(O)C(=O)O. The summed E-state index contributed by atoms with van der Waals surface area (Å²) in [6.07, 6.45) is 0. The van der Waals surface area contributed by atoms with Gasteiger partial charge in [0.2, 0.25) is 0 Å². The van der Waals surface area contributed by atoms with Crippen molar-refractivity contribution in [2.45, 2.75) is 20.0 Å². The first-order valence-corrected chi connectivity index (χ1v) is 7.82. The second-order valence-corrected chi connectivity index (χ2v) is 5.21. The lowest BCUT2D eigenvalue weighted by Gasteiger charge is -2.21. The van der Waals surface area contributed by atoms with Crippen molar-refractivity contribution in [1.29, 1.82) is 0 Å². The van der Waals surface area contributed by atoms with Gasteiger partial charge in [-0.3, -0.25) is 4.90 Å². The van der Waals surface area contributed by atoms with Crippen molar-refractivity contribution in [3.8, 4) is 5.75 Å². The summed E-state index contributed by atoms with van der Waals surface area (Å²) in [6, 6.07) is 18.8. The van der Waals surface area contributed by atoms with Crippen LogP contribution in [0.15, 0.2) is 54.6 Å². The highest BCUT2D eigenvalue weighted by Gasteiger charge is 2.08. The van der Waals surface area contributed by atoms with Gasteiger partial charge in [-0.25, -0.2) is 9.59 Å². The molecule has 0 saturated heterocycles. The van der Waals surface area contributed by atoms with Gasteiger partial charge < -0.3 is 14.9 Å². The molecule has 0 radical (unpaired) electrons. The number of carboxylic acid groups (broad SMARTS) is 2. The Kier molecular flexibility index (Phi) is 8.74. The number of nitrogens with zero attached hydrogens (tertiary/aromatic N) is 1. The number of aliphatic carboxylic acids is 2. The van der Waals surface area contributed by atoms with Crippen molar-refractivity contribution in [3.63, 3.8) is 0 Å². The summed E-state index contributed by atoms with van der Waals surface area (Å²) in [7, 11) is 1.73. The summed E-state index contributed by atoms with van der Waals surface area (Å²) in [5.41, 5.74) is 2.59. The fraction of sp³-hybridized carbons (Fsp3) is 0.263. The number of benzene rings is 2. The zero-order chi connectivity index (χ0) is 18.7. The zero-order valence-corrected chi connectivity index (χ0v) is 14.4. The Morgan fingerprint density at radius 3 is 2.00 bits per heavy atom. The van der Waals surface area contributed by atoms with E-state index in [2.05, 4.69) is 54.3 Å². The molecule has 0 spiro atoms. The quantitative estimate of drug-likeness (QED) is 0.783. The molecule has 2 aromatic rings. The molecule has 2 aromatic carbocycles. The Morgan fingerprint density at radius 2 is 1.48 bits per heavy atom. The lowest BCUT2D eigenvalue weighted by atomic mass is 10.1. The third-order valence-corrected chi connectivity index (χ3v) is 3.47. The maximum absolute atomic E-state index is 9.10. The molecule has 0 bridgehead atoms. The van der Waals surface area contributed by atoms with Gasteiger partial charge in [-0.2, -0.15) is 0 Å². The standard InChI is InChI=1S/C17H21NO.C2H2O4/c1-3-18(13-15-9-5-4-6-10-15)14-16-11-7-8-12-17(16)19-2;3-1(4)2(5)6/h4-12H,3,13-14H2,1-2H3;(H,3,4)(H,5,6). The number of carboxylic acids is 2. The van der Waals surface area contributed by atoms with Crippen LogP contribution in [-0.2, 0) is 22.7 Å². The van der Waals surface area contributed by atoms with Crippen LogP contribution in [0.25, 0.3) is 0 Å². The van der Waals surface area contributed by atoms with E-state index >= 15 is 0 Å². The molecule has 0 atom stereocenters. The van der Waals surface area contributed by atoms with Crippen LogP contribution in [0.5, 0.6) is 5.75 Å². The molecule has 0 aliphatic rings. The summed E-state index contributed by atoms with van der Waals surface area (Å²) in [4.78, 5) is 20.6. The maximum Gasteiger partial charge on any atom is 0.414 e. The smallest absolute Gasteiger partial charge is 0.414 e. The number of methoxy groups -OCH3 is 1. The molecule has 25 heavy (non-hydrogen) atoms. The van der Waals surface area contributed by atoms with E-state index in [9.17, 15) is 0 Å². The molecule has 0 aliphatic carbocycles. The number of carbonyl (C=O) groups is 2. The van der Waals surface area contributed by atoms with Gasteiger partial charge in [0.05, 0.1) is 7.11 Å². The summed E-state index contributed by atoms with van der Waals surface area (Å²) in [5.74, 6) is -2.68. The van der Waals surface area contributed by atoms with Crippen LogP contribution in [0.1, 0.15) is 18.1 Å². The molecule has 0 aliphatic heterocycles. The minimum absolute atomic E-state index is 0.912. The minimum Gasteiger partial charge on any atom is -0.496 e. The molecule has 0 aromatic heterocycles. The van der Waals surface area contributed by atoms with Gasteiger partial charge in [0.15, 0.2) is 0 Å². The van der Waals surface area contributed by atoms with E-state index in [-0.39, 0.29) is 0 Å². The van der Waals surface area contributed by atoms with E-state index in [4.69, 9.17) is 24.5 Å². The summed E-state index contributed by atoms with van der Waals surface area (Å²) >= 11 is 0. The molecule has 0 fully saturated rings. The Bertz CT molecular complexity index is 661. The third kappa shape index (κ3) is 7.50. The van der Waals surface area contributed by atoms with Gasteiger partial charge in [-0.1, -0.05) is 55.5 Å². The molecular formula is C19H23NO5. The second kappa shape index (κ2) is 10.8. The molecule has 134 valence electrons. The second-order valence-electron chi connectivity index (χ2n) is 5.21. The van der Waals surface area contributed by atoms with Crippen LogP contribution in [0.3, 0.4) is 0 Å². The molecule has 6 nitrogen and oxygen atoms in total. The van der Waals surface area contributed by atoms with Crippen molar-refractivity contribution in [1.82, 2.24) is 4.90 Å². The molecule has 0 heterocycles. The Labute approximate surface area is 147 Å². The molecule has 0 saturated carbocycles. The van der Waals surface area contributed by atoms with Gasteiger partial charge in [-0.15, -0.1) is 0 Å². The molecule has 2 rings (SSSR count). The average molecular weight is 345 g/mol. The molecule has 6 heteroatoms. The molecule has 0 unspecified atom stereocenters. The Hall–Kier alpha value is -2.86. The number of hydrogen-bond donors (Lipinski definition) is 2. The van der Waals surface area contributed by atoms with Crippen LogP contribution >= 0.6 is 0 Å². The van der Waals surface area contributed by atoms with E-state index in [1.807, 2.05) is 12.1 Å². The van der Waals surface area contributed by atoms with Crippen LogP contribution in [-0.4, -0.2) is 40.7 Å². The lowest BCUT2D eigenvalue weighted by molar-refractivity contribution is -0.159. The normalized spacial score (nSPS) is 9.88. The van der Waals surface area contributed by atoms with Crippen LogP contribution < -0.4 is 4.74 Å². The van der Waals surface area contributed by atoms with Crippen molar-refractivity contribution >= 4 is 11.9 Å². The van der Waals surface area contributed by atoms with Gasteiger partial charge in [0.25, 0.3) is 0 Å². The fourth-order valence-corrected chi connectivity index (χ4v) is 2.20. The Balaban J connectivity index is 0.000000450. The summed E-state index contributed by atoms with van der Waals surface area (Å²) in [5, 5.41) is 14.8. The zero-order valence-electron chi connectivity index (χ0n) is 14.4. The monoisotopic (exact) mass is 345 g/mol. The van der Waals surface area contributed by atoms with Crippen molar-refractivity contribution in [3.05, 3.63) is 65.7 Å². The third-order valence-electron chi connectivity index (χ3n) is 3.47. The molecule has 2 N–H and O–H groups in total. The van der Waals surface area contributed by atoms with E-state index in [1.54, 1.807) is 7.11 Å². The number of para-hydroxylation sites is 1. The van der Waals surface area contributed by atoms with Gasteiger partial charge in [0, 0.05) is 18.7 Å². The largest absolute Gasteiger partial charge is 0.496 e. The first kappa shape index (κ1) is 20.2. The van der Waals surface area contributed by atoms with E-state index in [0.29, 0.717) is 0 Å². The van der Waals surface area contributed by atoms with E-state index in [0.717, 1.165) is 25.4 Å². The predicted octanol–water partition coefficient (Wildman–Crippen LogP) is 2.87. The summed E-state index contributed by atoms with van der Waals surface area (Å²) < 4.78 is 5.41. The molecule has 0 amide bonds. The minimum atomic E-state index is -1.82. The predicted molar refractivity (Wildman–Crippen MR) is 94.5 cm³/mol. The van der Waals surface area contributed by atoms with Crippen LogP contribution in [0.2, 0.25) is 0 Å². The lowest BCUT2D eigenvalue weighted by Crippen LogP contribution is -2.22. The van der Waals surface area contributed by atoms with Gasteiger partial charge in [-0.05, 0) is 18.2 Å². The van der Waals surface area contributed by atoms with Gasteiger partial charge >= 0.3 is 11.9 Å². The fourth-order valence-electron chi connectivity index (χ4n) is 2.20. The molecular weight excluding hydrogens is 322 g/mol. The van der Waals surface area contributed by atoms with Gasteiger partial charge in [0.1, 0.15) is 5.75 Å². The van der Waals surface area contributed by atoms with Crippen molar-refractivity contribution < 1.29 is 24.5 Å². The van der Waals surface area contributed by atoms with Crippen LogP contribution in [0.4, 0.5) is 0 Å². The van der Waals surface area contributed by atoms with Crippen LogP contribution in [0, 0.1) is 0 Å². The highest BCUT2D eigenvalue weighted by atomic mass is 16.5. The summed E-state index contributed by atoms with van der Waals surface area (Å²) in [6.45, 7) is 5.09. The van der Waals surface area contributed by atoms with Crippen molar-refractivity contribution in [2.75, 3.05) is 13.7 Å².